The van der Waals surface area contributed by atoms with Crippen LogP contribution in [0.2, 0.25) is 0 Å². The van der Waals surface area contributed by atoms with Crippen LogP contribution in [0.25, 0.3) is 11.5 Å². The first-order valence-corrected chi connectivity index (χ1v) is 7.74. The summed E-state index contributed by atoms with van der Waals surface area (Å²) in [5.74, 6) is 1.30. The first-order chi connectivity index (χ1) is 10.7. The number of carbonyl (C=O) groups is 1. The minimum Gasteiger partial charge on any atom is -0.441 e. The summed E-state index contributed by atoms with van der Waals surface area (Å²) in [4.78, 5) is 16.6. The molecule has 0 saturated carbocycles. The van der Waals surface area contributed by atoms with Gasteiger partial charge in [-0.3, -0.25) is 4.79 Å². The monoisotopic (exact) mass is 299 g/mol. The second-order valence-corrected chi connectivity index (χ2v) is 5.66. The quantitative estimate of drug-likeness (QED) is 0.907. The van der Waals surface area contributed by atoms with Gasteiger partial charge in [-0.05, 0) is 45.0 Å². The lowest BCUT2D eigenvalue weighted by Crippen LogP contribution is -2.43. The smallest absolute Gasteiger partial charge is 0.226 e. The van der Waals surface area contributed by atoms with E-state index in [2.05, 4.69) is 15.6 Å². The van der Waals surface area contributed by atoms with Gasteiger partial charge in [0.15, 0.2) is 0 Å². The van der Waals surface area contributed by atoms with Crippen molar-refractivity contribution in [2.24, 2.45) is 0 Å². The molecule has 0 atom stereocenters. The third kappa shape index (κ3) is 3.54. The van der Waals surface area contributed by atoms with E-state index in [9.17, 15) is 4.79 Å². The molecular formula is C17H21N3O2. The Hall–Kier alpha value is -2.14. The minimum absolute atomic E-state index is 0.0166. The number of hydrogen-bond donors (Lipinski definition) is 2. The second kappa shape index (κ2) is 6.75. The summed E-state index contributed by atoms with van der Waals surface area (Å²) in [5.41, 5.74) is 1.64. The highest BCUT2D eigenvalue weighted by molar-refractivity contribution is 5.78. The van der Waals surface area contributed by atoms with Crippen LogP contribution < -0.4 is 10.6 Å². The zero-order valence-electron chi connectivity index (χ0n) is 12.8. The molecule has 5 nitrogen and oxygen atoms in total. The first kappa shape index (κ1) is 14.8. The number of nitrogens with one attached hydrogen (secondary N) is 2. The number of nitrogens with zero attached hydrogens (tertiary/aromatic N) is 1. The number of rotatable bonds is 4. The topological polar surface area (TPSA) is 67.2 Å². The normalized spacial score (nSPS) is 15.7. The van der Waals surface area contributed by atoms with E-state index in [1.807, 2.05) is 37.3 Å². The van der Waals surface area contributed by atoms with Gasteiger partial charge in [0.1, 0.15) is 5.76 Å². The van der Waals surface area contributed by atoms with Gasteiger partial charge in [-0.25, -0.2) is 4.98 Å². The van der Waals surface area contributed by atoms with E-state index in [-0.39, 0.29) is 18.4 Å². The van der Waals surface area contributed by atoms with E-state index >= 15 is 0 Å². The van der Waals surface area contributed by atoms with Crippen molar-refractivity contribution in [1.29, 1.82) is 0 Å². The third-order valence-corrected chi connectivity index (χ3v) is 3.95. The summed E-state index contributed by atoms with van der Waals surface area (Å²) in [7, 11) is 0. The van der Waals surface area contributed by atoms with Crippen molar-refractivity contribution in [2.45, 2.75) is 32.2 Å². The fourth-order valence-corrected chi connectivity index (χ4v) is 2.69. The molecular weight excluding hydrogens is 278 g/mol. The van der Waals surface area contributed by atoms with Crippen LogP contribution in [0.5, 0.6) is 0 Å². The van der Waals surface area contributed by atoms with Crippen molar-refractivity contribution in [3.8, 4) is 11.5 Å². The molecule has 1 aliphatic rings. The Morgan fingerprint density at radius 3 is 2.77 bits per heavy atom. The van der Waals surface area contributed by atoms with Gasteiger partial charge in [0, 0.05) is 11.6 Å². The number of aryl methyl sites for hydroxylation is 1. The van der Waals surface area contributed by atoms with Crippen molar-refractivity contribution in [3.05, 3.63) is 41.8 Å². The van der Waals surface area contributed by atoms with Crippen LogP contribution in [0.4, 0.5) is 0 Å². The molecule has 5 heteroatoms. The first-order valence-electron chi connectivity index (χ1n) is 7.74. The molecule has 0 aliphatic carbocycles. The van der Waals surface area contributed by atoms with E-state index in [1.165, 1.54) is 0 Å². The van der Waals surface area contributed by atoms with Gasteiger partial charge >= 0.3 is 0 Å². The van der Waals surface area contributed by atoms with Gasteiger partial charge in [-0.2, -0.15) is 0 Å². The van der Waals surface area contributed by atoms with Crippen molar-refractivity contribution >= 4 is 5.91 Å². The fraction of sp³-hybridized carbons (Fsp3) is 0.412. The lowest BCUT2D eigenvalue weighted by molar-refractivity contribution is -0.121. The molecule has 22 heavy (non-hydrogen) atoms. The van der Waals surface area contributed by atoms with Crippen LogP contribution in [0.3, 0.4) is 0 Å². The molecule has 0 bridgehead atoms. The van der Waals surface area contributed by atoms with Gasteiger partial charge in [-0.15, -0.1) is 0 Å². The maximum atomic E-state index is 12.2. The van der Waals surface area contributed by atoms with Crippen LogP contribution in [-0.2, 0) is 11.2 Å². The van der Waals surface area contributed by atoms with Crippen molar-refractivity contribution < 1.29 is 9.21 Å². The SMILES string of the molecule is Cc1oc(-c2ccccc2)nc1CC(=O)NC1CCNCC1. The highest BCUT2D eigenvalue weighted by atomic mass is 16.4. The second-order valence-electron chi connectivity index (χ2n) is 5.66. The van der Waals surface area contributed by atoms with Crippen LogP contribution in [0.1, 0.15) is 24.3 Å². The predicted molar refractivity (Wildman–Crippen MR) is 84.4 cm³/mol. The minimum atomic E-state index is 0.0166. The Bertz CT molecular complexity index is 631. The lowest BCUT2D eigenvalue weighted by atomic mass is 10.1. The molecule has 1 aliphatic heterocycles. The molecule has 2 heterocycles. The molecule has 1 aromatic carbocycles. The Morgan fingerprint density at radius 1 is 1.32 bits per heavy atom. The molecule has 0 unspecified atom stereocenters. The van der Waals surface area contributed by atoms with E-state index in [0.717, 1.165) is 31.5 Å². The number of benzene rings is 1. The van der Waals surface area contributed by atoms with Crippen molar-refractivity contribution in [3.63, 3.8) is 0 Å². The average molecular weight is 299 g/mol. The van der Waals surface area contributed by atoms with E-state index < -0.39 is 0 Å². The summed E-state index contributed by atoms with van der Waals surface area (Å²) < 4.78 is 5.69. The number of piperidine rings is 1. The molecule has 0 radical (unpaired) electrons. The van der Waals surface area contributed by atoms with Gasteiger partial charge < -0.3 is 15.1 Å². The molecule has 1 amide bonds. The summed E-state index contributed by atoms with van der Waals surface area (Å²) in [5, 5.41) is 6.37. The Morgan fingerprint density at radius 2 is 2.05 bits per heavy atom. The zero-order chi connectivity index (χ0) is 15.4. The third-order valence-electron chi connectivity index (χ3n) is 3.95. The van der Waals surface area contributed by atoms with Gasteiger partial charge in [0.25, 0.3) is 0 Å². The van der Waals surface area contributed by atoms with Crippen molar-refractivity contribution in [2.75, 3.05) is 13.1 Å². The molecule has 0 spiro atoms. The number of oxazole rings is 1. The number of hydrogen-bond acceptors (Lipinski definition) is 4. The zero-order valence-corrected chi connectivity index (χ0v) is 12.8. The van der Waals surface area contributed by atoms with E-state index in [1.54, 1.807) is 0 Å². The maximum absolute atomic E-state index is 12.2. The maximum Gasteiger partial charge on any atom is 0.226 e. The Labute approximate surface area is 130 Å². The fourth-order valence-electron chi connectivity index (χ4n) is 2.69. The summed E-state index contributed by atoms with van der Waals surface area (Å²) in [6, 6.07) is 10.0. The van der Waals surface area contributed by atoms with Crippen LogP contribution in [0, 0.1) is 6.92 Å². The molecule has 3 rings (SSSR count). The highest BCUT2D eigenvalue weighted by Gasteiger charge is 2.18. The van der Waals surface area contributed by atoms with E-state index in [0.29, 0.717) is 17.3 Å². The van der Waals surface area contributed by atoms with Crippen LogP contribution in [-0.4, -0.2) is 30.0 Å². The molecule has 1 saturated heterocycles. The molecule has 1 fully saturated rings. The van der Waals surface area contributed by atoms with Gasteiger partial charge in [0.05, 0.1) is 12.1 Å². The molecule has 2 N–H and O–H groups in total. The summed E-state index contributed by atoms with van der Waals surface area (Å²) >= 11 is 0. The Kier molecular flexibility index (Phi) is 4.53. The molecule has 1 aromatic heterocycles. The highest BCUT2D eigenvalue weighted by Crippen LogP contribution is 2.21. The van der Waals surface area contributed by atoms with Gasteiger partial charge in [-0.1, -0.05) is 18.2 Å². The number of carbonyl (C=O) groups excluding carboxylic acids is 1. The molecule has 2 aromatic rings. The van der Waals surface area contributed by atoms with Gasteiger partial charge in [0.2, 0.25) is 11.8 Å². The van der Waals surface area contributed by atoms with Crippen LogP contribution in [0.15, 0.2) is 34.7 Å². The van der Waals surface area contributed by atoms with Crippen LogP contribution >= 0.6 is 0 Å². The summed E-state index contributed by atoms with van der Waals surface area (Å²) in [6.45, 7) is 3.78. The average Bonchev–Trinajstić information content (AvgIpc) is 2.90. The lowest BCUT2D eigenvalue weighted by Gasteiger charge is -2.23. The number of amides is 1. The largest absolute Gasteiger partial charge is 0.441 e. The number of aromatic nitrogens is 1. The molecule has 116 valence electrons. The van der Waals surface area contributed by atoms with E-state index in [4.69, 9.17) is 4.42 Å². The Balaban J connectivity index is 1.65. The summed E-state index contributed by atoms with van der Waals surface area (Å²) in [6.07, 6.45) is 2.24. The standard InChI is InChI=1S/C17H21N3O2/c1-12-15(11-16(21)19-14-7-9-18-10-8-14)20-17(22-12)13-5-3-2-4-6-13/h2-6,14,18H,7-11H2,1H3,(H,19,21). The van der Waals surface area contributed by atoms with Crippen molar-refractivity contribution in [1.82, 2.24) is 15.6 Å². The predicted octanol–water partition coefficient (Wildman–Crippen LogP) is 2.06.